The Hall–Kier alpha value is -0.480. The van der Waals surface area contributed by atoms with Gasteiger partial charge in [-0.05, 0) is 45.1 Å². The highest BCUT2D eigenvalue weighted by molar-refractivity contribution is 6.35. The highest BCUT2D eigenvalue weighted by atomic mass is 35.5. The molecule has 1 aromatic carbocycles. The van der Waals surface area contributed by atoms with Crippen molar-refractivity contribution in [1.82, 2.24) is 4.90 Å². The van der Waals surface area contributed by atoms with Gasteiger partial charge in [-0.3, -0.25) is 0 Å². The molecule has 0 saturated heterocycles. The minimum absolute atomic E-state index is 0.293. The zero-order valence-corrected chi connectivity index (χ0v) is 13.4. The maximum Gasteiger partial charge on any atom is 0.140 e. The molecule has 0 heterocycles. The molecule has 1 aliphatic carbocycles. The van der Waals surface area contributed by atoms with Crippen molar-refractivity contribution >= 4 is 23.2 Å². The molecule has 20 heavy (non-hydrogen) atoms. The first-order valence-corrected chi connectivity index (χ1v) is 7.65. The molecule has 112 valence electrons. The first-order valence-electron chi connectivity index (χ1n) is 6.89. The van der Waals surface area contributed by atoms with Gasteiger partial charge in [0.15, 0.2) is 0 Å². The fraction of sp³-hybridized carbons (Fsp3) is 0.600. The van der Waals surface area contributed by atoms with Crippen LogP contribution in [0.2, 0.25) is 10.0 Å². The Bertz CT molecular complexity index is 459. The molecule has 1 saturated carbocycles. The van der Waals surface area contributed by atoms with E-state index in [0.717, 1.165) is 25.7 Å². The third-order valence-electron chi connectivity index (χ3n) is 3.76. The van der Waals surface area contributed by atoms with Crippen LogP contribution in [-0.2, 0) is 0 Å². The molecule has 0 radical (unpaired) electrons. The summed E-state index contributed by atoms with van der Waals surface area (Å²) < 4.78 is 6.02. The standard InChI is InChI=1S/C15H21Cl2NO2/c1-18(2)10-14(15(19)7-3-4-8-15)20-13-6-5-11(16)9-12(13)17/h5-6,9,14,19H,3-4,7-8,10H2,1-2H3. The number of nitrogens with zero attached hydrogens (tertiary/aromatic N) is 1. The molecule has 1 unspecified atom stereocenters. The summed E-state index contributed by atoms with van der Waals surface area (Å²) in [7, 11) is 3.94. The minimum atomic E-state index is -0.771. The van der Waals surface area contributed by atoms with E-state index in [1.165, 1.54) is 0 Å². The third kappa shape index (κ3) is 3.79. The highest BCUT2D eigenvalue weighted by Gasteiger charge is 2.41. The lowest BCUT2D eigenvalue weighted by Crippen LogP contribution is -2.49. The van der Waals surface area contributed by atoms with Crippen LogP contribution in [0.1, 0.15) is 25.7 Å². The van der Waals surface area contributed by atoms with E-state index < -0.39 is 5.60 Å². The van der Waals surface area contributed by atoms with Gasteiger partial charge in [0.25, 0.3) is 0 Å². The van der Waals surface area contributed by atoms with Gasteiger partial charge in [-0.25, -0.2) is 0 Å². The number of hydrogen-bond donors (Lipinski definition) is 1. The SMILES string of the molecule is CN(C)CC(Oc1ccc(Cl)cc1Cl)C1(O)CCCC1. The number of ether oxygens (including phenoxy) is 1. The van der Waals surface area contributed by atoms with E-state index in [0.29, 0.717) is 22.3 Å². The highest BCUT2D eigenvalue weighted by Crippen LogP contribution is 2.36. The summed E-state index contributed by atoms with van der Waals surface area (Å²) in [5, 5.41) is 11.8. The van der Waals surface area contributed by atoms with E-state index in [1.807, 2.05) is 19.0 Å². The molecule has 1 aliphatic rings. The van der Waals surface area contributed by atoms with Crippen molar-refractivity contribution in [3.8, 4) is 5.75 Å². The van der Waals surface area contributed by atoms with Crippen LogP contribution < -0.4 is 4.74 Å². The summed E-state index contributed by atoms with van der Waals surface area (Å²) in [5.41, 5.74) is -0.771. The Morgan fingerprint density at radius 2 is 1.95 bits per heavy atom. The molecule has 5 heteroatoms. The molecular weight excluding hydrogens is 297 g/mol. The van der Waals surface area contributed by atoms with Gasteiger partial charge in [0, 0.05) is 11.6 Å². The summed E-state index contributed by atoms with van der Waals surface area (Å²) in [6.07, 6.45) is 3.34. The molecule has 1 aromatic rings. The second-order valence-corrected chi connectivity index (χ2v) is 6.60. The predicted octanol–water partition coefficient (Wildman–Crippen LogP) is 3.61. The number of hydrogen-bond acceptors (Lipinski definition) is 3. The van der Waals surface area contributed by atoms with Crippen LogP contribution in [0, 0.1) is 0 Å². The van der Waals surface area contributed by atoms with Crippen molar-refractivity contribution < 1.29 is 9.84 Å². The summed E-state index contributed by atoms with van der Waals surface area (Å²) in [5.74, 6) is 0.572. The van der Waals surface area contributed by atoms with Crippen LogP contribution in [0.15, 0.2) is 18.2 Å². The van der Waals surface area contributed by atoms with Crippen molar-refractivity contribution in [2.45, 2.75) is 37.4 Å². The van der Waals surface area contributed by atoms with E-state index in [4.69, 9.17) is 27.9 Å². The van der Waals surface area contributed by atoms with Crippen molar-refractivity contribution in [3.05, 3.63) is 28.2 Å². The van der Waals surface area contributed by atoms with Gasteiger partial charge in [-0.2, -0.15) is 0 Å². The molecule has 1 atom stereocenters. The quantitative estimate of drug-likeness (QED) is 0.900. The number of aliphatic hydroxyl groups is 1. The molecule has 0 bridgehead atoms. The first-order chi connectivity index (χ1) is 9.40. The van der Waals surface area contributed by atoms with E-state index in [9.17, 15) is 5.11 Å². The van der Waals surface area contributed by atoms with Crippen molar-refractivity contribution in [3.63, 3.8) is 0 Å². The maximum absolute atomic E-state index is 10.8. The van der Waals surface area contributed by atoms with Gasteiger partial charge < -0.3 is 14.7 Å². The number of benzene rings is 1. The Morgan fingerprint density at radius 1 is 1.30 bits per heavy atom. The molecule has 1 N–H and O–H groups in total. The van der Waals surface area contributed by atoms with Crippen LogP contribution >= 0.6 is 23.2 Å². The Labute approximate surface area is 130 Å². The summed E-state index contributed by atoms with van der Waals surface area (Å²) in [6, 6.07) is 5.16. The number of likely N-dealkylation sites (N-methyl/N-ethyl adjacent to an activating group) is 1. The lowest BCUT2D eigenvalue weighted by atomic mass is 9.94. The topological polar surface area (TPSA) is 32.7 Å². The molecule has 0 spiro atoms. The zero-order chi connectivity index (χ0) is 14.8. The number of rotatable bonds is 5. The summed E-state index contributed by atoms with van der Waals surface area (Å²) >= 11 is 12.1. The van der Waals surface area contributed by atoms with Gasteiger partial charge in [-0.1, -0.05) is 36.0 Å². The van der Waals surface area contributed by atoms with E-state index in [-0.39, 0.29) is 6.10 Å². The lowest BCUT2D eigenvalue weighted by Gasteiger charge is -2.34. The van der Waals surface area contributed by atoms with Gasteiger partial charge >= 0.3 is 0 Å². The van der Waals surface area contributed by atoms with Gasteiger partial charge in [0.05, 0.1) is 5.02 Å². The molecule has 0 aliphatic heterocycles. The second-order valence-electron chi connectivity index (χ2n) is 5.75. The van der Waals surface area contributed by atoms with Gasteiger partial charge in [0.1, 0.15) is 17.5 Å². The fourth-order valence-corrected chi connectivity index (χ4v) is 3.13. The van der Waals surface area contributed by atoms with Gasteiger partial charge in [0.2, 0.25) is 0 Å². The largest absolute Gasteiger partial charge is 0.485 e. The second kappa shape index (κ2) is 6.52. The van der Waals surface area contributed by atoms with Crippen LogP contribution in [0.5, 0.6) is 5.75 Å². The van der Waals surface area contributed by atoms with Crippen molar-refractivity contribution in [2.24, 2.45) is 0 Å². The summed E-state index contributed by atoms with van der Waals surface area (Å²) in [6.45, 7) is 0.648. The van der Waals surface area contributed by atoms with Gasteiger partial charge in [-0.15, -0.1) is 0 Å². The third-order valence-corrected chi connectivity index (χ3v) is 4.29. The van der Waals surface area contributed by atoms with Crippen LogP contribution in [-0.4, -0.2) is 42.4 Å². The van der Waals surface area contributed by atoms with E-state index >= 15 is 0 Å². The molecule has 1 fully saturated rings. The van der Waals surface area contributed by atoms with Crippen LogP contribution in [0.4, 0.5) is 0 Å². The Kier molecular flexibility index (Phi) is 5.19. The monoisotopic (exact) mass is 317 g/mol. The normalized spacial score (nSPS) is 19.3. The molecule has 3 nitrogen and oxygen atoms in total. The first kappa shape index (κ1) is 15.9. The predicted molar refractivity (Wildman–Crippen MR) is 82.8 cm³/mol. The summed E-state index contributed by atoms with van der Waals surface area (Å²) in [4.78, 5) is 2.02. The molecular formula is C15H21Cl2NO2. The Morgan fingerprint density at radius 3 is 2.50 bits per heavy atom. The molecule has 0 aromatic heterocycles. The van der Waals surface area contributed by atoms with Crippen molar-refractivity contribution in [1.29, 1.82) is 0 Å². The van der Waals surface area contributed by atoms with Crippen molar-refractivity contribution in [2.75, 3.05) is 20.6 Å². The lowest BCUT2D eigenvalue weighted by molar-refractivity contribution is -0.0645. The number of halogens is 2. The smallest absolute Gasteiger partial charge is 0.140 e. The Balaban J connectivity index is 2.19. The molecule has 0 amide bonds. The maximum atomic E-state index is 10.8. The zero-order valence-electron chi connectivity index (χ0n) is 11.9. The molecule has 2 rings (SSSR count). The van der Waals surface area contributed by atoms with E-state index in [1.54, 1.807) is 18.2 Å². The fourth-order valence-electron chi connectivity index (χ4n) is 2.68. The van der Waals surface area contributed by atoms with Crippen LogP contribution in [0.25, 0.3) is 0 Å². The van der Waals surface area contributed by atoms with E-state index in [2.05, 4.69) is 0 Å². The average molecular weight is 318 g/mol. The average Bonchev–Trinajstić information content (AvgIpc) is 2.79. The minimum Gasteiger partial charge on any atom is -0.485 e. The van der Waals surface area contributed by atoms with Crippen LogP contribution in [0.3, 0.4) is 0 Å².